The molecule has 3 aromatic rings. The second kappa shape index (κ2) is 12.1. The number of nitrogens with zero attached hydrogens (tertiary/aromatic N) is 1. The Balaban J connectivity index is 1.78. The summed E-state index contributed by atoms with van der Waals surface area (Å²) in [6.45, 7) is 6.15. The van der Waals surface area contributed by atoms with Crippen molar-refractivity contribution in [2.75, 3.05) is 17.5 Å². The van der Waals surface area contributed by atoms with Gasteiger partial charge in [0, 0.05) is 11.0 Å². The molecular weight excluding hydrogens is 532 g/mol. The molecule has 0 atom stereocenters. The molecule has 0 aliphatic rings. The van der Waals surface area contributed by atoms with Gasteiger partial charge in [-0.1, -0.05) is 28.1 Å². The fraction of sp³-hybridized carbons (Fsp3) is 0.269. The summed E-state index contributed by atoms with van der Waals surface area (Å²) in [5.41, 5.74) is 1.24. The molecule has 186 valence electrons. The number of benzene rings is 3. The highest BCUT2D eigenvalue weighted by Gasteiger charge is 2.27. The van der Waals surface area contributed by atoms with Crippen LogP contribution in [0.3, 0.4) is 0 Å². The van der Waals surface area contributed by atoms with Crippen LogP contribution in [0.25, 0.3) is 0 Å². The van der Waals surface area contributed by atoms with Crippen LogP contribution in [0, 0.1) is 0 Å². The Morgan fingerprint density at radius 3 is 2.11 bits per heavy atom. The molecule has 35 heavy (non-hydrogen) atoms. The fourth-order valence-electron chi connectivity index (χ4n) is 3.27. The quantitative estimate of drug-likeness (QED) is 0.350. The van der Waals surface area contributed by atoms with E-state index in [1.807, 2.05) is 45.0 Å². The second-order valence-corrected chi connectivity index (χ2v) is 10.8. The zero-order valence-corrected chi connectivity index (χ0v) is 22.3. The Labute approximate surface area is 215 Å². The predicted octanol–water partition coefficient (Wildman–Crippen LogP) is 5.15. The zero-order chi connectivity index (χ0) is 25.4. The van der Waals surface area contributed by atoms with E-state index in [4.69, 9.17) is 9.47 Å². The lowest BCUT2D eigenvalue weighted by atomic mass is 10.2. The van der Waals surface area contributed by atoms with Crippen molar-refractivity contribution in [3.63, 3.8) is 0 Å². The number of nitrogens with one attached hydrogen (secondary N) is 1. The number of carbonyl (C=O) groups is 1. The summed E-state index contributed by atoms with van der Waals surface area (Å²) in [4.78, 5) is 12.9. The van der Waals surface area contributed by atoms with Crippen molar-refractivity contribution in [1.29, 1.82) is 0 Å². The Hall–Kier alpha value is -3.04. The minimum Gasteiger partial charge on any atom is -0.494 e. The number of hydrogen-bond donors (Lipinski definition) is 1. The van der Waals surface area contributed by atoms with Gasteiger partial charge in [-0.2, -0.15) is 0 Å². The number of hydrogen-bond acceptors (Lipinski definition) is 5. The van der Waals surface area contributed by atoms with Crippen molar-refractivity contribution in [1.82, 2.24) is 5.32 Å². The molecule has 0 bridgehead atoms. The van der Waals surface area contributed by atoms with Gasteiger partial charge in [-0.3, -0.25) is 9.10 Å². The molecule has 0 aliphatic carbocycles. The summed E-state index contributed by atoms with van der Waals surface area (Å²) in [7, 11) is -4.00. The summed E-state index contributed by atoms with van der Waals surface area (Å²) in [6, 6.07) is 20.3. The highest BCUT2D eigenvalue weighted by molar-refractivity contribution is 9.10. The molecule has 9 heteroatoms. The number of sulfonamides is 1. The third kappa shape index (κ3) is 7.47. The van der Waals surface area contributed by atoms with Gasteiger partial charge in [0.15, 0.2) is 0 Å². The maximum absolute atomic E-state index is 13.5. The van der Waals surface area contributed by atoms with Gasteiger partial charge in [0.2, 0.25) is 5.91 Å². The van der Waals surface area contributed by atoms with E-state index in [1.165, 1.54) is 12.1 Å². The fourth-order valence-corrected chi connectivity index (χ4v) is 4.95. The zero-order valence-electron chi connectivity index (χ0n) is 19.9. The van der Waals surface area contributed by atoms with Gasteiger partial charge in [-0.15, -0.1) is 0 Å². The molecule has 0 aliphatic heterocycles. The largest absolute Gasteiger partial charge is 0.494 e. The first-order valence-electron chi connectivity index (χ1n) is 11.2. The van der Waals surface area contributed by atoms with E-state index in [0.717, 1.165) is 20.1 Å². The van der Waals surface area contributed by atoms with Crippen LogP contribution in [0.2, 0.25) is 0 Å². The Morgan fingerprint density at radius 1 is 0.943 bits per heavy atom. The standard InChI is InChI=1S/C26H29BrN2O5S/c1-4-33-23-13-9-22(10-14-23)29(35(31,32)25-15-7-21(27)8-16-25)18-26(30)28-17-20-5-11-24(12-6-20)34-19(2)3/h5-16,19H,4,17-18H2,1-3H3,(H,28,30). The van der Waals surface area contributed by atoms with Crippen LogP contribution in [0.15, 0.2) is 82.2 Å². The molecule has 1 amide bonds. The van der Waals surface area contributed by atoms with E-state index in [-0.39, 0.29) is 24.1 Å². The second-order valence-electron chi connectivity index (χ2n) is 7.98. The molecule has 0 aromatic heterocycles. The van der Waals surface area contributed by atoms with Gasteiger partial charge < -0.3 is 14.8 Å². The number of amides is 1. The van der Waals surface area contributed by atoms with Crippen LogP contribution in [0.4, 0.5) is 5.69 Å². The van der Waals surface area contributed by atoms with Crippen LogP contribution in [0.1, 0.15) is 26.3 Å². The lowest BCUT2D eigenvalue weighted by molar-refractivity contribution is -0.119. The van der Waals surface area contributed by atoms with Gasteiger partial charge in [0.05, 0.1) is 23.3 Å². The average molecular weight is 561 g/mol. The Morgan fingerprint density at radius 2 is 1.54 bits per heavy atom. The summed E-state index contributed by atoms with van der Waals surface area (Å²) in [6.07, 6.45) is 0.0711. The van der Waals surface area contributed by atoms with Crippen LogP contribution in [-0.4, -0.2) is 33.6 Å². The number of halogens is 1. The summed E-state index contributed by atoms with van der Waals surface area (Å²) in [5, 5.41) is 2.81. The van der Waals surface area contributed by atoms with Crippen molar-refractivity contribution in [2.24, 2.45) is 0 Å². The van der Waals surface area contributed by atoms with Gasteiger partial charge in [0.1, 0.15) is 18.0 Å². The SMILES string of the molecule is CCOc1ccc(N(CC(=O)NCc2ccc(OC(C)C)cc2)S(=O)(=O)c2ccc(Br)cc2)cc1. The van der Waals surface area contributed by atoms with Gasteiger partial charge in [-0.05, 0) is 87.0 Å². The Bertz CT molecular complexity index is 1210. The lowest BCUT2D eigenvalue weighted by Crippen LogP contribution is -2.40. The molecule has 0 spiro atoms. The van der Waals surface area contributed by atoms with Crippen molar-refractivity contribution in [3.05, 3.63) is 82.8 Å². The van der Waals surface area contributed by atoms with Crippen molar-refractivity contribution < 1.29 is 22.7 Å². The van der Waals surface area contributed by atoms with E-state index >= 15 is 0 Å². The number of anilines is 1. The molecule has 0 fully saturated rings. The van der Waals surface area contributed by atoms with E-state index in [0.29, 0.717) is 18.0 Å². The van der Waals surface area contributed by atoms with E-state index < -0.39 is 15.9 Å². The third-order valence-electron chi connectivity index (χ3n) is 4.91. The summed E-state index contributed by atoms with van der Waals surface area (Å²) < 4.78 is 39.9. The Kier molecular flexibility index (Phi) is 9.17. The van der Waals surface area contributed by atoms with Crippen LogP contribution in [-0.2, 0) is 21.4 Å². The number of carbonyl (C=O) groups excluding carboxylic acids is 1. The normalized spacial score (nSPS) is 11.2. The first-order valence-corrected chi connectivity index (χ1v) is 13.5. The highest BCUT2D eigenvalue weighted by Crippen LogP contribution is 2.26. The molecule has 0 unspecified atom stereocenters. The maximum atomic E-state index is 13.5. The van der Waals surface area contributed by atoms with Gasteiger partial charge in [0.25, 0.3) is 10.0 Å². The van der Waals surface area contributed by atoms with Gasteiger partial charge in [-0.25, -0.2) is 8.42 Å². The summed E-state index contributed by atoms with van der Waals surface area (Å²) >= 11 is 3.32. The molecule has 0 saturated heterocycles. The maximum Gasteiger partial charge on any atom is 0.264 e. The first kappa shape index (κ1) is 26.6. The number of rotatable bonds is 11. The highest BCUT2D eigenvalue weighted by atomic mass is 79.9. The molecule has 3 aromatic carbocycles. The third-order valence-corrected chi connectivity index (χ3v) is 7.23. The molecule has 0 heterocycles. The molecule has 0 saturated carbocycles. The van der Waals surface area contributed by atoms with Crippen LogP contribution < -0.4 is 19.1 Å². The lowest BCUT2D eigenvalue weighted by Gasteiger charge is -2.24. The van der Waals surface area contributed by atoms with E-state index in [2.05, 4.69) is 21.2 Å². The van der Waals surface area contributed by atoms with Gasteiger partial charge >= 0.3 is 0 Å². The average Bonchev–Trinajstić information content (AvgIpc) is 2.83. The molecule has 7 nitrogen and oxygen atoms in total. The molecule has 1 N–H and O–H groups in total. The molecular formula is C26H29BrN2O5S. The van der Waals surface area contributed by atoms with E-state index in [9.17, 15) is 13.2 Å². The van der Waals surface area contributed by atoms with E-state index in [1.54, 1.807) is 36.4 Å². The monoisotopic (exact) mass is 560 g/mol. The van der Waals surface area contributed by atoms with Crippen molar-refractivity contribution in [3.8, 4) is 11.5 Å². The molecule has 0 radical (unpaired) electrons. The first-order chi connectivity index (χ1) is 16.7. The van der Waals surface area contributed by atoms with Crippen molar-refractivity contribution >= 4 is 37.5 Å². The number of ether oxygens (including phenoxy) is 2. The smallest absolute Gasteiger partial charge is 0.264 e. The van der Waals surface area contributed by atoms with Crippen LogP contribution >= 0.6 is 15.9 Å². The minimum absolute atomic E-state index is 0.0711. The summed E-state index contributed by atoms with van der Waals surface area (Å²) in [5.74, 6) is 0.936. The molecule has 3 rings (SSSR count). The predicted molar refractivity (Wildman–Crippen MR) is 140 cm³/mol. The topological polar surface area (TPSA) is 84.9 Å². The van der Waals surface area contributed by atoms with Crippen molar-refractivity contribution in [2.45, 2.75) is 38.3 Å². The van der Waals surface area contributed by atoms with Crippen LogP contribution in [0.5, 0.6) is 11.5 Å². The minimum atomic E-state index is -4.00.